The SMILES string of the molecule is CC(C)(CNC(=O)C[C@@H]1CCCC[C@H]1O[N+](=O)[O-])NCC(O)COc1cc(Cl)ccc1Cl. The number of amides is 1. The summed E-state index contributed by atoms with van der Waals surface area (Å²) in [6.45, 7) is 4.38. The molecular weight excluding hydrogens is 461 g/mol. The van der Waals surface area contributed by atoms with Crippen LogP contribution in [-0.4, -0.2) is 53.5 Å². The van der Waals surface area contributed by atoms with Crippen LogP contribution in [0.3, 0.4) is 0 Å². The van der Waals surface area contributed by atoms with Crippen molar-refractivity contribution in [2.45, 2.75) is 63.7 Å². The van der Waals surface area contributed by atoms with Gasteiger partial charge in [-0.3, -0.25) is 4.79 Å². The maximum absolute atomic E-state index is 12.4. The molecule has 1 fully saturated rings. The number of nitrogens with zero attached hydrogens (tertiary/aromatic N) is 1. The number of ether oxygens (including phenoxy) is 1. The van der Waals surface area contributed by atoms with Gasteiger partial charge < -0.3 is 25.3 Å². The highest BCUT2D eigenvalue weighted by Crippen LogP contribution is 2.29. The Morgan fingerprint density at radius 3 is 2.78 bits per heavy atom. The van der Waals surface area contributed by atoms with Crippen molar-refractivity contribution in [1.29, 1.82) is 0 Å². The average Bonchev–Trinajstić information content (AvgIpc) is 2.73. The molecule has 32 heavy (non-hydrogen) atoms. The predicted octanol–water partition coefficient (Wildman–Crippen LogP) is 3.37. The van der Waals surface area contributed by atoms with Crippen LogP contribution in [0, 0.1) is 16.0 Å². The molecule has 0 saturated heterocycles. The van der Waals surface area contributed by atoms with Gasteiger partial charge in [0, 0.05) is 36.1 Å². The van der Waals surface area contributed by atoms with Gasteiger partial charge in [-0.25, -0.2) is 0 Å². The van der Waals surface area contributed by atoms with E-state index in [1.165, 1.54) is 0 Å². The van der Waals surface area contributed by atoms with Crippen LogP contribution in [0.5, 0.6) is 5.75 Å². The summed E-state index contributed by atoms with van der Waals surface area (Å²) in [6.07, 6.45) is 1.97. The van der Waals surface area contributed by atoms with Gasteiger partial charge >= 0.3 is 0 Å². The van der Waals surface area contributed by atoms with Crippen molar-refractivity contribution >= 4 is 29.1 Å². The number of nitrogens with one attached hydrogen (secondary N) is 2. The molecular formula is C21H31Cl2N3O6. The molecule has 3 N–H and O–H groups in total. The number of hydrogen-bond donors (Lipinski definition) is 3. The van der Waals surface area contributed by atoms with Gasteiger partial charge in [0.15, 0.2) is 0 Å². The highest BCUT2D eigenvalue weighted by molar-refractivity contribution is 6.34. The van der Waals surface area contributed by atoms with Gasteiger partial charge in [0.1, 0.15) is 24.6 Å². The van der Waals surface area contributed by atoms with Crippen molar-refractivity contribution in [1.82, 2.24) is 10.6 Å². The number of hydrogen-bond acceptors (Lipinski definition) is 7. The Bertz CT molecular complexity index is 780. The molecule has 3 atom stereocenters. The van der Waals surface area contributed by atoms with Crippen LogP contribution in [0.4, 0.5) is 0 Å². The van der Waals surface area contributed by atoms with Crippen LogP contribution < -0.4 is 15.4 Å². The maximum atomic E-state index is 12.4. The lowest BCUT2D eigenvalue weighted by Gasteiger charge is -2.31. The van der Waals surface area contributed by atoms with Crippen LogP contribution in [0.2, 0.25) is 10.0 Å². The third-order valence-corrected chi connectivity index (χ3v) is 5.92. The molecule has 0 radical (unpaired) electrons. The molecule has 0 aliphatic heterocycles. The molecule has 1 aromatic carbocycles. The number of carbonyl (C=O) groups excluding carboxylic acids is 1. The summed E-state index contributed by atoms with van der Waals surface area (Å²) in [5.74, 6) is 0.0533. The smallest absolute Gasteiger partial charge is 0.294 e. The Morgan fingerprint density at radius 1 is 1.34 bits per heavy atom. The molecule has 0 heterocycles. The number of halogens is 2. The largest absolute Gasteiger partial charge is 0.489 e. The Labute approximate surface area is 197 Å². The molecule has 1 aromatic rings. The van der Waals surface area contributed by atoms with E-state index in [0.29, 0.717) is 28.8 Å². The highest BCUT2D eigenvalue weighted by atomic mass is 35.5. The molecule has 0 aromatic heterocycles. The van der Waals surface area contributed by atoms with Crippen molar-refractivity contribution in [3.05, 3.63) is 38.4 Å². The van der Waals surface area contributed by atoms with Crippen LogP contribution >= 0.6 is 23.2 Å². The second-order valence-electron chi connectivity index (χ2n) is 8.70. The van der Waals surface area contributed by atoms with Gasteiger partial charge in [-0.15, -0.1) is 10.1 Å². The second kappa shape index (κ2) is 12.4. The van der Waals surface area contributed by atoms with E-state index in [2.05, 4.69) is 10.6 Å². The van der Waals surface area contributed by atoms with E-state index in [9.17, 15) is 20.0 Å². The van der Waals surface area contributed by atoms with Gasteiger partial charge in [-0.2, -0.15) is 0 Å². The first-order valence-electron chi connectivity index (χ1n) is 10.6. The molecule has 1 amide bonds. The van der Waals surface area contributed by atoms with E-state index < -0.39 is 22.8 Å². The average molecular weight is 492 g/mol. The summed E-state index contributed by atoms with van der Waals surface area (Å²) in [6, 6.07) is 4.85. The number of benzene rings is 1. The first kappa shape index (κ1) is 26.4. The van der Waals surface area contributed by atoms with E-state index in [1.807, 2.05) is 13.8 Å². The molecule has 1 saturated carbocycles. The van der Waals surface area contributed by atoms with Gasteiger partial charge in [-0.1, -0.05) is 36.0 Å². The molecule has 1 aliphatic carbocycles. The van der Waals surface area contributed by atoms with Crippen molar-refractivity contribution in [3.63, 3.8) is 0 Å². The lowest BCUT2D eigenvalue weighted by Crippen LogP contribution is -2.52. The molecule has 0 spiro atoms. The quantitative estimate of drug-likeness (QED) is 0.302. The lowest BCUT2D eigenvalue weighted by atomic mass is 9.84. The fraction of sp³-hybridized carbons (Fsp3) is 0.667. The summed E-state index contributed by atoms with van der Waals surface area (Å²) in [7, 11) is 0. The third-order valence-electron chi connectivity index (χ3n) is 5.38. The summed E-state index contributed by atoms with van der Waals surface area (Å²) < 4.78 is 5.53. The van der Waals surface area contributed by atoms with Gasteiger partial charge in [-0.05, 0) is 44.7 Å². The van der Waals surface area contributed by atoms with Crippen LogP contribution in [0.15, 0.2) is 18.2 Å². The van der Waals surface area contributed by atoms with Crippen LogP contribution in [-0.2, 0) is 9.63 Å². The second-order valence-corrected chi connectivity index (χ2v) is 9.54. The number of aliphatic hydroxyl groups excluding tert-OH is 1. The van der Waals surface area contributed by atoms with Crippen molar-refractivity contribution in [2.24, 2.45) is 5.92 Å². The minimum Gasteiger partial charge on any atom is -0.489 e. The van der Waals surface area contributed by atoms with Crippen molar-refractivity contribution < 1.29 is 24.6 Å². The Balaban J connectivity index is 1.72. The standard InChI is InChI=1S/C21H31Cl2N3O6/c1-21(2,25-11-16(27)12-31-19-10-15(22)7-8-17(19)23)13-24-20(28)9-14-5-3-4-6-18(14)32-26(29)30/h7-8,10,14,16,18,25,27H,3-6,9,11-13H2,1-2H3,(H,24,28)/t14-,16?,18+/m0/s1. The molecule has 9 nitrogen and oxygen atoms in total. The molecule has 180 valence electrons. The lowest BCUT2D eigenvalue weighted by molar-refractivity contribution is -0.771. The van der Waals surface area contributed by atoms with E-state index in [4.69, 9.17) is 32.8 Å². The van der Waals surface area contributed by atoms with E-state index >= 15 is 0 Å². The topological polar surface area (TPSA) is 123 Å². The zero-order chi connectivity index (χ0) is 23.7. The van der Waals surface area contributed by atoms with E-state index in [1.54, 1.807) is 18.2 Å². The van der Waals surface area contributed by atoms with Crippen molar-refractivity contribution in [2.75, 3.05) is 19.7 Å². The zero-order valence-corrected chi connectivity index (χ0v) is 19.8. The van der Waals surface area contributed by atoms with Gasteiger partial charge in [0.25, 0.3) is 5.09 Å². The molecule has 0 bridgehead atoms. The maximum Gasteiger partial charge on any atom is 0.294 e. The number of aliphatic hydroxyl groups is 1. The molecule has 1 aliphatic rings. The van der Waals surface area contributed by atoms with Crippen molar-refractivity contribution in [3.8, 4) is 5.75 Å². The Kier molecular flexibility index (Phi) is 10.3. The van der Waals surface area contributed by atoms with Crippen LogP contribution in [0.25, 0.3) is 0 Å². The zero-order valence-electron chi connectivity index (χ0n) is 18.3. The molecule has 11 heteroatoms. The Morgan fingerprint density at radius 2 is 2.06 bits per heavy atom. The number of β-amino-alcohol motifs (C(OH)–C–C–N with tert-alkyl or cyclic N) is 1. The highest BCUT2D eigenvalue weighted by Gasteiger charge is 2.30. The fourth-order valence-electron chi connectivity index (χ4n) is 3.58. The number of carbonyl (C=O) groups is 1. The molecule has 2 rings (SSSR count). The van der Waals surface area contributed by atoms with Gasteiger partial charge in [0.05, 0.1) is 5.02 Å². The summed E-state index contributed by atoms with van der Waals surface area (Å²) in [4.78, 5) is 27.8. The summed E-state index contributed by atoms with van der Waals surface area (Å²) in [5.41, 5.74) is -0.492. The van der Waals surface area contributed by atoms with E-state index in [0.717, 1.165) is 19.3 Å². The predicted molar refractivity (Wildman–Crippen MR) is 121 cm³/mol. The Hall–Kier alpha value is -1.81. The fourth-order valence-corrected chi connectivity index (χ4v) is 3.91. The monoisotopic (exact) mass is 491 g/mol. The first-order valence-corrected chi connectivity index (χ1v) is 11.4. The normalized spacial score (nSPS) is 19.8. The van der Waals surface area contributed by atoms with Gasteiger partial charge in [0.2, 0.25) is 5.91 Å². The van der Waals surface area contributed by atoms with E-state index in [-0.39, 0.29) is 31.4 Å². The number of rotatable bonds is 12. The first-order chi connectivity index (χ1) is 15.1. The summed E-state index contributed by atoms with van der Waals surface area (Å²) >= 11 is 12.0. The molecule has 1 unspecified atom stereocenters. The minimum atomic E-state index is -0.803. The third kappa shape index (κ3) is 9.36. The van der Waals surface area contributed by atoms with Crippen LogP contribution in [0.1, 0.15) is 46.0 Å². The summed E-state index contributed by atoms with van der Waals surface area (Å²) in [5, 5.41) is 27.1. The minimum absolute atomic E-state index is 0.0228.